The summed E-state index contributed by atoms with van der Waals surface area (Å²) >= 11 is 5.13. The zero-order chi connectivity index (χ0) is 22.2. The Morgan fingerprint density at radius 3 is 2.45 bits per heavy atom. The van der Waals surface area contributed by atoms with Gasteiger partial charge in [-0.3, -0.25) is 20.2 Å². The van der Waals surface area contributed by atoms with E-state index in [4.69, 9.17) is 17.0 Å². The highest BCUT2D eigenvalue weighted by atomic mass is 32.1. The van der Waals surface area contributed by atoms with Gasteiger partial charge in [-0.25, -0.2) is 0 Å². The average molecular weight is 436 g/mol. The van der Waals surface area contributed by atoms with E-state index in [-0.39, 0.29) is 16.5 Å². The van der Waals surface area contributed by atoms with E-state index in [0.29, 0.717) is 17.9 Å². The predicted molar refractivity (Wildman–Crippen MR) is 124 cm³/mol. The second-order valence-electron chi connectivity index (χ2n) is 6.79. The van der Waals surface area contributed by atoms with Crippen molar-refractivity contribution in [3.8, 4) is 5.75 Å². The molecule has 3 aromatic carbocycles. The van der Waals surface area contributed by atoms with Crippen LogP contribution >= 0.6 is 12.2 Å². The fourth-order valence-corrected chi connectivity index (χ4v) is 3.06. The lowest BCUT2D eigenvalue weighted by Crippen LogP contribution is -2.34. The molecule has 0 aromatic heterocycles. The van der Waals surface area contributed by atoms with E-state index in [9.17, 15) is 14.9 Å². The van der Waals surface area contributed by atoms with Crippen LogP contribution < -0.4 is 15.4 Å². The lowest BCUT2D eigenvalue weighted by molar-refractivity contribution is -0.383. The van der Waals surface area contributed by atoms with Crippen molar-refractivity contribution in [2.45, 2.75) is 13.3 Å². The van der Waals surface area contributed by atoms with Crippen LogP contribution in [0.25, 0.3) is 0 Å². The van der Waals surface area contributed by atoms with Crippen LogP contribution in [-0.4, -0.2) is 22.5 Å². The van der Waals surface area contributed by atoms with Crippen molar-refractivity contribution in [2.24, 2.45) is 0 Å². The lowest BCUT2D eigenvalue weighted by Gasteiger charge is -2.11. The molecule has 158 valence electrons. The molecule has 0 saturated heterocycles. The molecule has 0 atom stereocenters. The third kappa shape index (κ3) is 6.35. The van der Waals surface area contributed by atoms with Crippen molar-refractivity contribution >= 4 is 34.6 Å². The molecule has 0 unspecified atom stereocenters. The van der Waals surface area contributed by atoms with Gasteiger partial charge in [0.2, 0.25) is 0 Å². The highest BCUT2D eigenvalue weighted by Crippen LogP contribution is 2.25. The van der Waals surface area contributed by atoms with Gasteiger partial charge in [-0.1, -0.05) is 36.4 Å². The summed E-state index contributed by atoms with van der Waals surface area (Å²) in [4.78, 5) is 23.1. The zero-order valence-corrected chi connectivity index (χ0v) is 17.6. The molecule has 0 spiro atoms. The predicted octanol–water partition coefficient (Wildman–Crippen LogP) is 4.65. The zero-order valence-electron chi connectivity index (χ0n) is 16.8. The number of anilines is 1. The van der Waals surface area contributed by atoms with E-state index in [0.717, 1.165) is 12.0 Å². The fraction of sp³-hybridized carbons (Fsp3) is 0.130. The van der Waals surface area contributed by atoms with E-state index in [1.165, 1.54) is 11.6 Å². The maximum atomic E-state index is 12.4. The number of nitrogens with one attached hydrogen (secondary N) is 2. The Bertz CT molecular complexity index is 1090. The maximum absolute atomic E-state index is 12.4. The van der Waals surface area contributed by atoms with Crippen LogP contribution in [-0.2, 0) is 6.42 Å². The van der Waals surface area contributed by atoms with Crippen molar-refractivity contribution in [3.63, 3.8) is 0 Å². The number of benzene rings is 3. The van der Waals surface area contributed by atoms with E-state index >= 15 is 0 Å². The number of hydrogen-bond acceptors (Lipinski definition) is 5. The van der Waals surface area contributed by atoms with Crippen LogP contribution in [0.15, 0.2) is 72.8 Å². The highest BCUT2D eigenvalue weighted by Gasteiger charge is 2.16. The molecule has 0 radical (unpaired) electrons. The minimum absolute atomic E-state index is 0.0276. The monoisotopic (exact) mass is 435 g/mol. The number of hydrogen-bond donors (Lipinski definition) is 2. The fourth-order valence-electron chi connectivity index (χ4n) is 2.86. The highest BCUT2D eigenvalue weighted by molar-refractivity contribution is 7.80. The summed E-state index contributed by atoms with van der Waals surface area (Å²) < 4.78 is 5.72. The van der Waals surface area contributed by atoms with E-state index in [2.05, 4.69) is 10.6 Å². The Kier molecular flexibility index (Phi) is 7.29. The van der Waals surface area contributed by atoms with Gasteiger partial charge in [-0.15, -0.1) is 0 Å². The summed E-state index contributed by atoms with van der Waals surface area (Å²) in [5, 5.41) is 16.4. The van der Waals surface area contributed by atoms with Crippen molar-refractivity contribution in [2.75, 3.05) is 11.9 Å². The molecule has 0 aliphatic rings. The quantitative estimate of drug-likeness (QED) is 0.319. The van der Waals surface area contributed by atoms with Crippen molar-refractivity contribution < 1.29 is 14.5 Å². The number of carbonyl (C=O) groups excluding carboxylic acids is 1. The van der Waals surface area contributed by atoms with Gasteiger partial charge in [0, 0.05) is 18.1 Å². The number of nitro groups is 1. The first-order chi connectivity index (χ1) is 14.9. The first-order valence-electron chi connectivity index (χ1n) is 9.56. The molecule has 0 saturated carbocycles. The minimum atomic E-state index is -0.504. The summed E-state index contributed by atoms with van der Waals surface area (Å²) in [5.41, 5.74) is 2.42. The van der Waals surface area contributed by atoms with Crippen molar-refractivity contribution in [3.05, 3.63) is 99.6 Å². The summed E-state index contributed by atoms with van der Waals surface area (Å²) in [6, 6.07) is 21.4. The average Bonchev–Trinajstić information content (AvgIpc) is 2.76. The Hall–Kier alpha value is -3.78. The van der Waals surface area contributed by atoms with Crippen molar-refractivity contribution in [1.29, 1.82) is 0 Å². The van der Waals surface area contributed by atoms with Crippen LogP contribution in [0.4, 0.5) is 11.4 Å². The van der Waals surface area contributed by atoms with Gasteiger partial charge >= 0.3 is 0 Å². The number of nitrogens with zero attached hydrogens (tertiary/aromatic N) is 1. The Morgan fingerprint density at radius 2 is 1.77 bits per heavy atom. The SMILES string of the molecule is Cc1ccc(NC(=S)NC(=O)c2ccc(OCCc3ccccc3)cc2)c([N+](=O)[O-])c1. The third-order valence-electron chi connectivity index (χ3n) is 4.44. The van der Waals surface area contributed by atoms with Crippen LogP contribution in [0.2, 0.25) is 0 Å². The molecule has 0 heterocycles. The largest absolute Gasteiger partial charge is 0.493 e. The van der Waals surface area contributed by atoms with Gasteiger partial charge in [-0.05, 0) is 60.6 Å². The maximum Gasteiger partial charge on any atom is 0.292 e. The smallest absolute Gasteiger partial charge is 0.292 e. The lowest BCUT2D eigenvalue weighted by atomic mass is 10.2. The van der Waals surface area contributed by atoms with Gasteiger partial charge in [0.25, 0.3) is 11.6 Å². The molecule has 0 fully saturated rings. The van der Waals surface area contributed by atoms with E-state index in [1.807, 2.05) is 30.3 Å². The number of amides is 1. The summed E-state index contributed by atoms with van der Waals surface area (Å²) in [5.74, 6) is 0.228. The molecule has 3 aromatic rings. The topological polar surface area (TPSA) is 93.5 Å². The van der Waals surface area contributed by atoms with Gasteiger partial charge in [0.15, 0.2) is 5.11 Å². The molecule has 3 rings (SSSR count). The molecule has 1 amide bonds. The summed E-state index contributed by atoms with van der Waals surface area (Å²) in [6.45, 7) is 2.28. The van der Waals surface area contributed by atoms with Crippen LogP contribution in [0, 0.1) is 17.0 Å². The number of thiocarbonyl (C=S) groups is 1. The molecule has 0 aliphatic heterocycles. The molecule has 0 bridgehead atoms. The van der Waals surface area contributed by atoms with Gasteiger partial charge < -0.3 is 10.1 Å². The summed E-state index contributed by atoms with van der Waals surface area (Å²) in [7, 11) is 0. The number of carbonyl (C=O) groups is 1. The number of aryl methyl sites for hydroxylation is 1. The molecule has 2 N–H and O–H groups in total. The van der Waals surface area contributed by atoms with E-state index in [1.54, 1.807) is 43.3 Å². The van der Waals surface area contributed by atoms with Crippen LogP contribution in [0.1, 0.15) is 21.5 Å². The number of nitro benzene ring substituents is 1. The first kappa shape index (κ1) is 21.9. The van der Waals surface area contributed by atoms with Crippen LogP contribution in [0.3, 0.4) is 0 Å². The third-order valence-corrected chi connectivity index (χ3v) is 4.65. The molecular weight excluding hydrogens is 414 g/mol. The normalized spacial score (nSPS) is 10.2. The molecule has 0 aliphatic carbocycles. The second kappa shape index (κ2) is 10.3. The first-order valence-corrected chi connectivity index (χ1v) is 9.97. The van der Waals surface area contributed by atoms with Crippen molar-refractivity contribution in [1.82, 2.24) is 5.32 Å². The van der Waals surface area contributed by atoms with Crippen LogP contribution in [0.5, 0.6) is 5.75 Å². The van der Waals surface area contributed by atoms with E-state index < -0.39 is 10.8 Å². The van der Waals surface area contributed by atoms with Gasteiger partial charge in [-0.2, -0.15) is 0 Å². The standard InChI is InChI=1S/C23H21N3O4S/c1-16-7-12-20(21(15-16)26(28)29)24-23(31)25-22(27)18-8-10-19(11-9-18)30-14-13-17-5-3-2-4-6-17/h2-12,15H,13-14H2,1H3,(H2,24,25,27,31). The Morgan fingerprint density at radius 1 is 1.06 bits per heavy atom. The number of ether oxygens (including phenoxy) is 1. The van der Waals surface area contributed by atoms with Gasteiger partial charge in [0.1, 0.15) is 11.4 Å². The summed E-state index contributed by atoms with van der Waals surface area (Å²) in [6.07, 6.45) is 0.786. The Balaban J connectivity index is 1.53. The molecule has 8 heteroatoms. The molecule has 7 nitrogen and oxygen atoms in total. The molecular formula is C23H21N3O4S. The molecule has 31 heavy (non-hydrogen) atoms. The number of rotatable bonds is 7. The Labute approximate surface area is 185 Å². The minimum Gasteiger partial charge on any atom is -0.493 e. The van der Waals surface area contributed by atoms with Gasteiger partial charge in [0.05, 0.1) is 11.5 Å². The second-order valence-corrected chi connectivity index (χ2v) is 7.20.